The fraction of sp³-hybridized carbons (Fsp3) is 0.692. The van der Waals surface area contributed by atoms with E-state index in [2.05, 4.69) is 23.7 Å². The van der Waals surface area contributed by atoms with Gasteiger partial charge in [0.2, 0.25) is 0 Å². The summed E-state index contributed by atoms with van der Waals surface area (Å²) in [6.45, 7) is 6.40. The molecular weight excluding hydrogens is 232 g/mol. The van der Waals surface area contributed by atoms with Crippen LogP contribution < -0.4 is 4.90 Å². The van der Waals surface area contributed by atoms with E-state index in [0.29, 0.717) is 0 Å². The van der Waals surface area contributed by atoms with Crippen LogP contribution in [0.15, 0.2) is 0 Å². The maximum Gasteiger partial charge on any atom is 0.186 e. The van der Waals surface area contributed by atoms with Gasteiger partial charge in [-0.1, -0.05) is 25.2 Å². The maximum absolute atomic E-state index is 11.0. The van der Waals surface area contributed by atoms with Gasteiger partial charge >= 0.3 is 0 Å². The Morgan fingerprint density at radius 1 is 1.47 bits per heavy atom. The molecule has 0 amide bonds. The van der Waals surface area contributed by atoms with Crippen molar-refractivity contribution in [2.75, 3.05) is 18.0 Å². The number of carbonyl (C=O) groups is 1. The van der Waals surface area contributed by atoms with Gasteiger partial charge in [-0.3, -0.25) is 4.79 Å². The number of hydrogen-bond acceptors (Lipinski definition) is 4. The Labute approximate surface area is 107 Å². The summed E-state index contributed by atoms with van der Waals surface area (Å²) in [5.74, 6) is 0.857. The normalized spacial score (nSPS) is 14.9. The standard InChI is InChI=1S/C13H20N2OS/c1-3-7-15(8-10-5-6-10)13-14-11(4-2)12(9-16)17-13/h9-10H,3-8H2,1-2H3. The molecule has 2 rings (SSSR count). The smallest absolute Gasteiger partial charge is 0.186 e. The van der Waals surface area contributed by atoms with E-state index in [0.717, 1.165) is 53.8 Å². The third-order valence-corrected chi connectivity index (χ3v) is 4.18. The summed E-state index contributed by atoms with van der Waals surface area (Å²) >= 11 is 1.55. The third-order valence-electron chi connectivity index (χ3n) is 3.10. The van der Waals surface area contributed by atoms with Gasteiger partial charge in [-0.2, -0.15) is 0 Å². The summed E-state index contributed by atoms with van der Waals surface area (Å²) < 4.78 is 0. The number of aromatic nitrogens is 1. The molecule has 1 aliphatic carbocycles. The minimum absolute atomic E-state index is 0.805. The predicted octanol–water partition coefficient (Wildman–Crippen LogP) is 3.14. The lowest BCUT2D eigenvalue weighted by Gasteiger charge is -2.20. The van der Waals surface area contributed by atoms with Crippen molar-refractivity contribution in [3.05, 3.63) is 10.6 Å². The Bertz CT molecular complexity index is 385. The molecule has 4 heteroatoms. The lowest BCUT2D eigenvalue weighted by atomic mass is 10.3. The van der Waals surface area contributed by atoms with Gasteiger partial charge in [0.25, 0.3) is 0 Å². The first-order chi connectivity index (χ1) is 8.28. The van der Waals surface area contributed by atoms with Crippen LogP contribution in [-0.2, 0) is 6.42 Å². The van der Waals surface area contributed by atoms with Crippen molar-refractivity contribution in [1.29, 1.82) is 0 Å². The molecule has 0 bridgehead atoms. The van der Waals surface area contributed by atoms with Crippen molar-refractivity contribution in [3.8, 4) is 0 Å². The van der Waals surface area contributed by atoms with Crippen LogP contribution in [0.5, 0.6) is 0 Å². The zero-order valence-corrected chi connectivity index (χ0v) is 11.4. The molecule has 17 heavy (non-hydrogen) atoms. The van der Waals surface area contributed by atoms with Gasteiger partial charge in [0.1, 0.15) is 0 Å². The minimum Gasteiger partial charge on any atom is -0.348 e. The Balaban J connectivity index is 2.15. The maximum atomic E-state index is 11.0. The fourth-order valence-corrected chi connectivity index (χ4v) is 2.98. The molecule has 0 spiro atoms. The fourth-order valence-electron chi connectivity index (χ4n) is 1.98. The van der Waals surface area contributed by atoms with E-state index in [9.17, 15) is 4.79 Å². The Hall–Kier alpha value is -0.900. The molecule has 1 aromatic rings. The molecule has 0 atom stereocenters. The molecule has 0 aromatic carbocycles. The second kappa shape index (κ2) is 5.63. The number of nitrogens with zero attached hydrogens (tertiary/aromatic N) is 2. The number of aryl methyl sites for hydroxylation is 1. The molecule has 3 nitrogen and oxygen atoms in total. The molecule has 1 heterocycles. The average Bonchev–Trinajstić information content (AvgIpc) is 3.06. The van der Waals surface area contributed by atoms with E-state index < -0.39 is 0 Å². The van der Waals surface area contributed by atoms with Crippen molar-refractivity contribution in [1.82, 2.24) is 4.98 Å². The molecule has 0 N–H and O–H groups in total. The highest BCUT2D eigenvalue weighted by Crippen LogP contribution is 2.33. The lowest BCUT2D eigenvalue weighted by molar-refractivity contribution is 0.112. The predicted molar refractivity (Wildman–Crippen MR) is 72.1 cm³/mol. The lowest BCUT2D eigenvalue weighted by Crippen LogP contribution is -2.26. The van der Waals surface area contributed by atoms with Gasteiger partial charge < -0.3 is 4.90 Å². The monoisotopic (exact) mass is 252 g/mol. The van der Waals surface area contributed by atoms with E-state index in [1.807, 2.05) is 0 Å². The SMILES string of the molecule is CCCN(CC1CC1)c1nc(CC)c(C=O)s1. The Morgan fingerprint density at radius 2 is 2.24 bits per heavy atom. The van der Waals surface area contributed by atoms with Crippen LogP contribution in [0.2, 0.25) is 0 Å². The first-order valence-corrected chi connectivity index (χ1v) is 7.29. The molecule has 0 saturated heterocycles. The summed E-state index contributed by atoms with van der Waals surface area (Å²) in [6.07, 6.45) is 5.62. The summed E-state index contributed by atoms with van der Waals surface area (Å²) in [7, 11) is 0. The van der Waals surface area contributed by atoms with Gasteiger partial charge in [-0.05, 0) is 31.6 Å². The summed E-state index contributed by atoms with van der Waals surface area (Å²) in [5.41, 5.74) is 0.955. The van der Waals surface area contributed by atoms with E-state index in [4.69, 9.17) is 0 Å². The van der Waals surface area contributed by atoms with Gasteiger partial charge in [0.05, 0.1) is 10.6 Å². The molecular formula is C13H20N2OS. The van der Waals surface area contributed by atoms with Crippen LogP contribution in [0.1, 0.15) is 48.5 Å². The highest BCUT2D eigenvalue weighted by atomic mass is 32.1. The summed E-state index contributed by atoms with van der Waals surface area (Å²) in [4.78, 5) is 18.7. The zero-order valence-electron chi connectivity index (χ0n) is 10.6. The van der Waals surface area contributed by atoms with Crippen molar-refractivity contribution in [2.45, 2.75) is 39.5 Å². The van der Waals surface area contributed by atoms with Crippen molar-refractivity contribution in [2.24, 2.45) is 5.92 Å². The quantitative estimate of drug-likeness (QED) is 0.699. The highest BCUT2D eigenvalue weighted by Gasteiger charge is 2.25. The second-order valence-corrected chi connectivity index (χ2v) is 5.68. The van der Waals surface area contributed by atoms with Crippen LogP contribution in [0.25, 0.3) is 0 Å². The van der Waals surface area contributed by atoms with E-state index >= 15 is 0 Å². The molecule has 1 aromatic heterocycles. The van der Waals surface area contributed by atoms with E-state index in [1.54, 1.807) is 11.3 Å². The van der Waals surface area contributed by atoms with E-state index in [1.165, 1.54) is 12.8 Å². The molecule has 0 unspecified atom stereocenters. The first kappa shape index (κ1) is 12.6. The van der Waals surface area contributed by atoms with Crippen molar-refractivity contribution in [3.63, 3.8) is 0 Å². The van der Waals surface area contributed by atoms with Gasteiger partial charge in [0, 0.05) is 13.1 Å². The number of thiazole rings is 1. The number of carbonyl (C=O) groups excluding carboxylic acids is 1. The zero-order chi connectivity index (χ0) is 12.3. The number of hydrogen-bond donors (Lipinski definition) is 0. The Morgan fingerprint density at radius 3 is 2.71 bits per heavy atom. The molecule has 0 aliphatic heterocycles. The molecule has 94 valence electrons. The van der Waals surface area contributed by atoms with Gasteiger partial charge in [-0.15, -0.1) is 0 Å². The van der Waals surface area contributed by atoms with Gasteiger partial charge in [0.15, 0.2) is 11.4 Å². The van der Waals surface area contributed by atoms with Gasteiger partial charge in [-0.25, -0.2) is 4.98 Å². The van der Waals surface area contributed by atoms with Crippen LogP contribution in [0.3, 0.4) is 0 Å². The summed E-state index contributed by atoms with van der Waals surface area (Å²) in [5, 5.41) is 1.04. The number of anilines is 1. The molecule has 0 radical (unpaired) electrons. The molecule has 1 saturated carbocycles. The van der Waals surface area contributed by atoms with E-state index in [-0.39, 0.29) is 0 Å². The largest absolute Gasteiger partial charge is 0.348 e. The highest BCUT2D eigenvalue weighted by molar-refractivity contribution is 7.17. The number of rotatable bonds is 7. The molecule has 1 aliphatic rings. The minimum atomic E-state index is 0.805. The van der Waals surface area contributed by atoms with Crippen LogP contribution >= 0.6 is 11.3 Å². The molecule has 1 fully saturated rings. The third kappa shape index (κ3) is 3.06. The average molecular weight is 252 g/mol. The van der Waals surface area contributed by atoms with Crippen molar-refractivity contribution >= 4 is 22.8 Å². The summed E-state index contributed by atoms with van der Waals surface area (Å²) in [6, 6.07) is 0. The van der Waals surface area contributed by atoms with Crippen LogP contribution in [-0.4, -0.2) is 24.4 Å². The second-order valence-electron chi connectivity index (χ2n) is 4.67. The van der Waals surface area contributed by atoms with Crippen LogP contribution in [0.4, 0.5) is 5.13 Å². The first-order valence-electron chi connectivity index (χ1n) is 6.48. The Kier molecular flexibility index (Phi) is 4.15. The van der Waals surface area contributed by atoms with Crippen LogP contribution in [0, 0.1) is 5.92 Å². The van der Waals surface area contributed by atoms with Crippen molar-refractivity contribution < 1.29 is 4.79 Å². The number of aldehydes is 1. The topological polar surface area (TPSA) is 33.2 Å².